The van der Waals surface area contributed by atoms with Gasteiger partial charge in [0.25, 0.3) is 5.91 Å². The van der Waals surface area contributed by atoms with Gasteiger partial charge < -0.3 is 28.9 Å². The lowest BCUT2D eigenvalue weighted by molar-refractivity contribution is -0.143. The van der Waals surface area contributed by atoms with Crippen molar-refractivity contribution >= 4 is 35.3 Å². The van der Waals surface area contributed by atoms with Crippen molar-refractivity contribution in [2.24, 2.45) is 5.92 Å². The fourth-order valence-corrected chi connectivity index (χ4v) is 6.90. The number of carbonyl (C=O) groups is 4. The van der Waals surface area contributed by atoms with E-state index in [2.05, 4.69) is 30.3 Å². The molecule has 2 atom stereocenters. The highest BCUT2D eigenvalue weighted by molar-refractivity contribution is 6.01. The molecule has 3 aliphatic rings. The van der Waals surface area contributed by atoms with Gasteiger partial charge in [-0.1, -0.05) is 54.6 Å². The second-order valence-electron chi connectivity index (χ2n) is 14.3. The zero-order valence-corrected chi connectivity index (χ0v) is 29.4. The van der Waals surface area contributed by atoms with Crippen LogP contribution in [0.25, 0.3) is 11.1 Å². The van der Waals surface area contributed by atoms with Crippen molar-refractivity contribution in [2.75, 3.05) is 42.6 Å². The van der Waals surface area contributed by atoms with Crippen LogP contribution in [0.2, 0.25) is 0 Å². The second kappa shape index (κ2) is 14.9. The average Bonchev–Trinajstić information content (AvgIpc) is 3.94. The van der Waals surface area contributed by atoms with E-state index in [9.17, 15) is 19.2 Å². The number of fused-ring (bicyclic) bond motifs is 1. The van der Waals surface area contributed by atoms with Crippen LogP contribution in [0.5, 0.6) is 5.75 Å². The lowest BCUT2D eigenvalue weighted by atomic mass is 9.79. The predicted molar refractivity (Wildman–Crippen MR) is 191 cm³/mol. The van der Waals surface area contributed by atoms with Crippen molar-refractivity contribution in [3.8, 4) is 16.9 Å². The molecule has 0 N–H and O–H groups in total. The van der Waals surface area contributed by atoms with Gasteiger partial charge in [0.1, 0.15) is 11.4 Å². The van der Waals surface area contributed by atoms with Gasteiger partial charge >= 0.3 is 12.1 Å². The van der Waals surface area contributed by atoms with E-state index >= 15 is 0 Å². The number of esters is 1. The largest absolute Gasteiger partial charge is 0.482 e. The minimum atomic E-state index is -0.664. The van der Waals surface area contributed by atoms with Gasteiger partial charge in [0, 0.05) is 37.8 Å². The number of likely N-dealkylation sites (tertiary alicyclic amines) is 1. The minimum absolute atomic E-state index is 0.00577. The number of amides is 3. The SMILES string of the molecule is CCOC(=O)CCCN1C(=O)COc2ccc(N(C(=O)C3CN(C(=O)OC(C)(C)C)CC[C@@H]3c3cccc(-c4ccccc4)c3)C3CC3)cc21. The smallest absolute Gasteiger partial charge is 0.410 e. The Balaban J connectivity index is 1.32. The first-order chi connectivity index (χ1) is 24.0. The molecule has 1 unspecified atom stereocenters. The zero-order valence-electron chi connectivity index (χ0n) is 29.4. The molecule has 10 heteroatoms. The standard InChI is InChI=1S/C40H47N3O7/c1-5-48-37(45)15-10-21-42-34-24-31(18-19-35(34)49-26-36(42)44)43(30-16-17-30)38(46)33-25-41(39(47)50-40(2,3)4)22-20-32(33)29-14-9-13-28(23-29)27-11-7-6-8-12-27/h6-9,11-14,18-19,23-24,30,32-33H,5,10,15-17,20-22,25-26H2,1-4H3/t32-,33?/m1/s1. The van der Waals surface area contributed by atoms with Gasteiger partial charge in [-0.3, -0.25) is 14.4 Å². The average molecular weight is 682 g/mol. The maximum atomic E-state index is 15.0. The van der Waals surface area contributed by atoms with E-state index in [1.165, 1.54) is 0 Å². The number of rotatable bonds is 10. The van der Waals surface area contributed by atoms with Crippen LogP contribution in [0.3, 0.4) is 0 Å². The number of hydrogen-bond acceptors (Lipinski definition) is 7. The van der Waals surface area contributed by atoms with Crippen LogP contribution in [0.1, 0.15) is 71.3 Å². The molecule has 1 saturated heterocycles. The van der Waals surface area contributed by atoms with E-state index in [-0.39, 0.29) is 49.3 Å². The van der Waals surface area contributed by atoms with Gasteiger partial charge in [-0.2, -0.15) is 0 Å². The van der Waals surface area contributed by atoms with Crippen LogP contribution < -0.4 is 14.5 Å². The summed E-state index contributed by atoms with van der Waals surface area (Å²) < 4.78 is 16.6. The predicted octanol–water partition coefficient (Wildman–Crippen LogP) is 6.96. The topological polar surface area (TPSA) is 106 Å². The van der Waals surface area contributed by atoms with Crippen molar-refractivity contribution in [1.29, 1.82) is 0 Å². The molecule has 3 amide bonds. The van der Waals surface area contributed by atoms with Crippen LogP contribution in [0, 0.1) is 5.92 Å². The van der Waals surface area contributed by atoms with Gasteiger partial charge in [0.05, 0.1) is 18.2 Å². The number of anilines is 2. The highest BCUT2D eigenvalue weighted by Crippen LogP contribution is 2.43. The van der Waals surface area contributed by atoms with Gasteiger partial charge in [-0.05, 0) is 94.2 Å². The van der Waals surface area contributed by atoms with E-state index in [1.807, 2.05) is 68.1 Å². The summed E-state index contributed by atoms with van der Waals surface area (Å²) in [4.78, 5) is 58.5. The Labute approximate surface area is 294 Å². The van der Waals surface area contributed by atoms with E-state index in [0.29, 0.717) is 49.7 Å². The molecule has 2 heterocycles. The Morgan fingerprint density at radius 2 is 1.70 bits per heavy atom. The molecule has 1 saturated carbocycles. The lowest BCUT2D eigenvalue weighted by Gasteiger charge is -2.41. The van der Waals surface area contributed by atoms with Crippen LogP contribution in [-0.2, 0) is 23.9 Å². The number of piperidine rings is 1. The molecule has 0 radical (unpaired) electrons. The van der Waals surface area contributed by atoms with Gasteiger partial charge in [0.2, 0.25) is 5.91 Å². The molecule has 3 aromatic carbocycles. The molecule has 0 bridgehead atoms. The highest BCUT2D eigenvalue weighted by Gasteiger charge is 2.44. The molecule has 2 fully saturated rings. The van der Waals surface area contributed by atoms with Gasteiger partial charge in [-0.25, -0.2) is 4.79 Å². The summed E-state index contributed by atoms with van der Waals surface area (Å²) in [5, 5.41) is 0. The first-order valence-corrected chi connectivity index (χ1v) is 17.7. The Bertz CT molecular complexity index is 1720. The number of benzene rings is 3. The summed E-state index contributed by atoms with van der Waals surface area (Å²) >= 11 is 0. The summed E-state index contributed by atoms with van der Waals surface area (Å²) in [7, 11) is 0. The molecule has 1 aliphatic carbocycles. The zero-order chi connectivity index (χ0) is 35.4. The molecule has 0 aromatic heterocycles. The summed E-state index contributed by atoms with van der Waals surface area (Å²) in [6.07, 6.45) is 2.53. The van der Waals surface area contributed by atoms with Crippen LogP contribution in [0.15, 0.2) is 72.8 Å². The van der Waals surface area contributed by atoms with Crippen LogP contribution in [0.4, 0.5) is 16.2 Å². The summed E-state index contributed by atoms with van der Waals surface area (Å²) in [5.41, 5.74) is 3.82. The number of carbonyl (C=O) groups excluding carboxylic acids is 4. The molecule has 6 rings (SSSR count). The quantitative estimate of drug-likeness (QED) is 0.213. The van der Waals surface area contributed by atoms with Crippen molar-refractivity contribution in [3.05, 3.63) is 78.4 Å². The first-order valence-electron chi connectivity index (χ1n) is 17.7. The van der Waals surface area contributed by atoms with Gasteiger partial charge in [0.15, 0.2) is 6.61 Å². The molecular weight excluding hydrogens is 634 g/mol. The van der Waals surface area contributed by atoms with E-state index in [4.69, 9.17) is 14.2 Å². The van der Waals surface area contributed by atoms with Gasteiger partial charge in [-0.15, -0.1) is 0 Å². The number of nitrogens with zero attached hydrogens (tertiary/aromatic N) is 3. The Kier molecular flexibility index (Phi) is 10.5. The summed E-state index contributed by atoms with van der Waals surface area (Å²) in [6.45, 7) is 8.53. The first kappa shape index (κ1) is 35.0. The molecule has 2 aliphatic heterocycles. The van der Waals surface area contributed by atoms with Crippen molar-refractivity contribution in [1.82, 2.24) is 4.90 Å². The van der Waals surface area contributed by atoms with E-state index < -0.39 is 17.6 Å². The molecule has 264 valence electrons. The maximum absolute atomic E-state index is 15.0. The highest BCUT2D eigenvalue weighted by atomic mass is 16.6. The summed E-state index contributed by atoms with van der Waals surface area (Å²) in [5.74, 6) is -0.679. The number of hydrogen-bond donors (Lipinski definition) is 0. The second-order valence-corrected chi connectivity index (χ2v) is 14.3. The third-order valence-corrected chi connectivity index (χ3v) is 9.38. The fourth-order valence-electron chi connectivity index (χ4n) is 6.90. The van der Waals surface area contributed by atoms with Crippen molar-refractivity contribution in [3.63, 3.8) is 0 Å². The van der Waals surface area contributed by atoms with Crippen LogP contribution in [-0.4, -0.2) is 73.3 Å². The van der Waals surface area contributed by atoms with E-state index in [1.54, 1.807) is 16.7 Å². The fraction of sp³-hybridized carbons (Fsp3) is 0.450. The number of ether oxygens (including phenoxy) is 3. The molecule has 10 nitrogen and oxygen atoms in total. The molecule has 0 spiro atoms. The molecular formula is C40H47N3O7. The minimum Gasteiger partial charge on any atom is -0.482 e. The Morgan fingerprint density at radius 1 is 0.940 bits per heavy atom. The molecule has 3 aromatic rings. The third kappa shape index (κ3) is 8.12. The summed E-state index contributed by atoms with van der Waals surface area (Å²) in [6, 6.07) is 24.1. The van der Waals surface area contributed by atoms with Crippen molar-refractivity contribution in [2.45, 2.75) is 77.4 Å². The maximum Gasteiger partial charge on any atom is 0.410 e. The lowest BCUT2D eigenvalue weighted by Crippen LogP contribution is -2.51. The normalized spacial score (nSPS) is 18.9. The Hall–Kier alpha value is -4.86. The molecule has 50 heavy (non-hydrogen) atoms. The van der Waals surface area contributed by atoms with E-state index in [0.717, 1.165) is 29.5 Å². The third-order valence-electron chi connectivity index (χ3n) is 9.38. The monoisotopic (exact) mass is 681 g/mol. The van der Waals surface area contributed by atoms with Crippen molar-refractivity contribution < 1.29 is 33.4 Å². The Morgan fingerprint density at radius 3 is 2.42 bits per heavy atom. The van der Waals surface area contributed by atoms with Crippen LogP contribution >= 0.6 is 0 Å².